The standard InChI is InChI=1S/C13H17N3O2/c1-3-8-18-11-6-4-10(5-7-11)12(17)13-14-9-15-16(13)2/h4-7,9,12,17H,3,8H2,1-2H3. The van der Waals surface area contributed by atoms with Crippen molar-refractivity contribution in [2.24, 2.45) is 7.05 Å². The first-order valence-corrected chi connectivity index (χ1v) is 5.97. The first-order valence-electron chi connectivity index (χ1n) is 5.97. The summed E-state index contributed by atoms with van der Waals surface area (Å²) in [4.78, 5) is 4.03. The van der Waals surface area contributed by atoms with Gasteiger partial charge in [-0.3, -0.25) is 4.68 Å². The molecule has 0 aliphatic heterocycles. The van der Waals surface area contributed by atoms with E-state index in [0.29, 0.717) is 12.4 Å². The third kappa shape index (κ3) is 2.68. The van der Waals surface area contributed by atoms with E-state index in [0.717, 1.165) is 17.7 Å². The highest BCUT2D eigenvalue weighted by molar-refractivity contribution is 5.30. The lowest BCUT2D eigenvalue weighted by molar-refractivity contribution is 0.204. The Balaban J connectivity index is 2.12. The highest BCUT2D eigenvalue weighted by Crippen LogP contribution is 2.22. The SMILES string of the molecule is CCCOc1ccc(C(O)c2ncnn2C)cc1. The molecule has 0 bridgehead atoms. The number of benzene rings is 1. The minimum Gasteiger partial charge on any atom is -0.494 e. The average Bonchev–Trinajstić information content (AvgIpc) is 2.82. The molecule has 96 valence electrons. The van der Waals surface area contributed by atoms with Crippen molar-refractivity contribution in [1.29, 1.82) is 0 Å². The molecule has 0 aliphatic rings. The van der Waals surface area contributed by atoms with Crippen molar-refractivity contribution >= 4 is 0 Å². The second-order valence-electron chi connectivity index (χ2n) is 4.06. The van der Waals surface area contributed by atoms with Crippen LogP contribution in [-0.4, -0.2) is 26.5 Å². The van der Waals surface area contributed by atoms with Crippen molar-refractivity contribution in [3.8, 4) is 5.75 Å². The van der Waals surface area contributed by atoms with Gasteiger partial charge in [0.15, 0.2) is 5.82 Å². The van der Waals surface area contributed by atoms with Gasteiger partial charge < -0.3 is 9.84 Å². The van der Waals surface area contributed by atoms with Gasteiger partial charge in [0.25, 0.3) is 0 Å². The van der Waals surface area contributed by atoms with Crippen LogP contribution >= 0.6 is 0 Å². The second-order valence-corrected chi connectivity index (χ2v) is 4.06. The summed E-state index contributed by atoms with van der Waals surface area (Å²) < 4.78 is 7.05. The lowest BCUT2D eigenvalue weighted by Crippen LogP contribution is -2.08. The zero-order valence-electron chi connectivity index (χ0n) is 10.6. The van der Waals surface area contributed by atoms with E-state index in [9.17, 15) is 5.11 Å². The van der Waals surface area contributed by atoms with Gasteiger partial charge in [-0.2, -0.15) is 5.10 Å². The molecule has 2 rings (SSSR count). The Morgan fingerprint density at radius 3 is 2.61 bits per heavy atom. The van der Waals surface area contributed by atoms with Gasteiger partial charge in [-0.05, 0) is 24.1 Å². The zero-order chi connectivity index (χ0) is 13.0. The van der Waals surface area contributed by atoms with E-state index in [1.165, 1.54) is 6.33 Å². The van der Waals surface area contributed by atoms with Crippen molar-refractivity contribution < 1.29 is 9.84 Å². The van der Waals surface area contributed by atoms with Crippen molar-refractivity contribution in [3.05, 3.63) is 42.0 Å². The van der Waals surface area contributed by atoms with E-state index in [-0.39, 0.29) is 0 Å². The minimum absolute atomic E-state index is 0.525. The molecule has 1 aromatic heterocycles. The first-order chi connectivity index (χ1) is 8.72. The monoisotopic (exact) mass is 247 g/mol. The lowest BCUT2D eigenvalue weighted by Gasteiger charge is -2.11. The van der Waals surface area contributed by atoms with Crippen LogP contribution in [0.5, 0.6) is 5.75 Å². The van der Waals surface area contributed by atoms with Crippen LogP contribution in [0.2, 0.25) is 0 Å². The molecular weight excluding hydrogens is 230 g/mol. The maximum Gasteiger partial charge on any atom is 0.160 e. The number of aryl methyl sites for hydroxylation is 1. The third-order valence-corrected chi connectivity index (χ3v) is 2.66. The van der Waals surface area contributed by atoms with Crippen LogP contribution in [0.15, 0.2) is 30.6 Å². The van der Waals surface area contributed by atoms with Crippen LogP contribution in [-0.2, 0) is 7.05 Å². The molecule has 1 N–H and O–H groups in total. The zero-order valence-corrected chi connectivity index (χ0v) is 10.6. The van der Waals surface area contributed by atoms with E-state index >= 15 is 0 Å². The molecule has 0 spiro atoms. The molecule has 0 aliphatic carbocycles. The number of hydrogen-bond acceptors (Lipinski definition) is 4. The summed E-state index contributed by atoms with van der Waals surface area (Å²) in [6.07, 6.45) is 1.64. The summed E-state index contributed by atoms with van der Waals surface area (Å²) in [5.41, 5.74) is 0.773. The smallest absolute Gasteiger partial charge is 0.160 e. The Kier molecular flexibility index (Phi) is 3.94. The van der Waals surface area contributed by atoms with Gasteiger partial charge in [0, 0.05) is 7.05 Å². The maximum atomic E-state index is 10.2. The summed E-state index contributed by atoms with van der Waals surface area (Å²) >= 11 is 0. The summed E-state index contributed by atoms with van der Waals surface area (Å²) in [5, 5.41) is 14.1. The van der Waals surface area contributed by atoms with Gasteiger partial charge in [-0.1, -0.05) is 19.1 Å². The summed E-state index contributed by atoms with van der Waals surface area (Å²) in [5.74, 6) is 1.34. The van der Waals surface area contributed by atoms with Gasteiger partial charge in [0.05, 0.1) is 6.61 Å². The molecule has 0 amide bonds. The molecule has 5 nitrogen and oxygen atoms in total. The molecule has 0 saturated carbocycles. The third-order valence-electron chi connectivity index (χ3n) is 2.66. The number of hydrogen-bond donors (Lipinski definition) is 1. The number of nitrogens with zero attached hydrogens (tertiary/aromatic N) is 3. The van der Waals surface area contributed by atoms with Gasteiger partial charge in [-0.25, -0.2) is 4.98 Å². The number of aliphatic hydroxyl groups is 1. The largest absolute Gasteiger partial charge is 0.494 e. The average molecular weight is 247 g/mol. The molecule has 0 fully saturated rings. The quantitative estimate of drug-likeness (QED) is 0.873. The number of aliphatic hydroxyl groups excluding tert-OH is 1. The molecule has 2 aromatic rings. The van der Waals surface area contributed by atoms with Gasteiger partial charge >= 0.3 is 0 Å². The van der Waals surface area contributed by atoms with Crippen LogP contribution in [0.25, 0.3) is 0 Å². The maximum absolute atomic E-state index is 10.2. The number of rotatable bonds is 5. The Hall–Kier alpha value is -1.88. The number of aromatic nitrogens is 3. The highest BCUT2D eigenvalue weighted by Gasteiger charge is 2.15. The van der Waals surface area contributed by atoms with Gasteiger partial charge in [0.1, 0.15) is 18.2 Å². The fourth-order valence-electron chi connectivity index (χ4n) is 1.67. The van der Waals surface area contributed by atoms with Crippen molar-refractivity contribution in [2.45, 2.75) is 19.4 Å². The molecule has 1 heterocycles. The molecule has 5 heteroatoms. The molecule has 0 radical (unpaired) electrons. The second kappa shape index (κ2) is 5.64. The highest BCUT2D eigenvalue weighted by atomic mass is 16.5. The van der Waals surface area contributed by atoms with E-state index in [1.807, 2.05) is 24.3 Å². The van der Waals surface area contributed by atoms with Crippen LogP contribution in [0.1, 0.15) is 30.8 Å². The normalized spacial score (nSPS) is 12.4. The predicted octanol–water partition coefficient (Wildman–Crippen LogP) is 1.69. The summed E-state index contributed by atoms with van der Waals surface area (Å²) in [6, 6.07) is 7.38. The lowest BCUT2D eigenvalue weighted by atomic mass is 10.1. The van der Waals surface area contributed by atoms with E-state index in [1.54, 1.807) is 11.7 Å². The van der Waals surface area contributed by atoms with E-state index in [4.69, 9.17) is 4.74 Å². The van der Waals surface area contributed by atoms with Crippen LogP contribution < -0.4 is 4.74 Å². The van der Waals surface area contributed by atoms with Crippen molar-refractivity contribution in [2.75, 3.05) is 6.61 Å². The van der Waals surface area contributed by atoms with Crippen molar-refractivity contribution in [3.63, 3.8) is 0 Å². The van der Waals surface area contributed by atoms with Crippen LogP contribution in [0.3, 0.4) is 0 Å². The molecule has 1 aromatic carbocycles. The Morgan fingerprint density at radius 1 is 1.33 bits per heavy atom. The Labute approximate surface area is 106 Å². The van der Waals surface area contributed by atoms with E-state index in [2.05, 4.69) is 17.0 Å². The van der Waals surface area contributed by atoms with Crippen LogP contribution in [0, 0.1) is 0 Å². The fraction of sp³-hybridized carbons (Fsp3) is 0.385. The molecular formula is C13H17N3O2. The van der Waals surface area contributed by atoms with Gasteiger partial charge in [-0.15, -0.1) is 0 Å². The molecule has 0 saturated heterocycles. The van der Waals surface area contributed by atoms with Gasteiger partial charge in [0.2, 0.25) is 0 Å². The van der Waals surface area contributed by atoms with Crippen LogP contribution in [0.4, 0.5) is 0 Å². The fourth-order valence-corrected chi connectivity index (χ4v) is 1.67. The Bertz CT molecular complexity index is 493. The number of ether oxygens (including phenoxy) is 1. The summed E-state index contributed by atoms with van der Waals surface area (Å²) in [7, 11) is 1.75. The van der Waals surface area contributed by atoms with E-state index < -0.39 is 6.10 Å². The molecule has 1 unspecified atom stereocenters. The first kappa shape index (κ1) is 12.6. The molecule has 1 atom stereocenters. The predicted molar refractivity (Wildman–Crippen MR) is 67.3 cm³/mol. The topological polar surface area (TPSA) is 60.2 Å². The summed E-state index contributed by atoms with van der Waals surface area (Å²) in [6.45, 7) is 2.76. The Morgan fingerprint density at radius 2 is 2.06 bits per heavy atom. The minimum atomic E-state index is -0.766. The molecule has 18 heavy (non-hydrogen) atoms. The van der Waals surface area contributed by atoms with Crippen molar-refractivity contribution in [1.82, 2.24) is 14.8 Å².